The molecule has 2 rings (SSSR count). The molecule has 0 fully saturated rings. The number of benzene rings is 2. The molecule has 1 heteroatoms. The molecule has 0 aliphatic heterocycles. The van der Waals surface area contributed by atoms with E-state index in [4.69, 9.17) is 0 Å². The highest BCUT2D eigenvalue weighted by molar-refractivity contribution is 6.30. The van der Waals surface area contributed by atoms with Gasteiger partial charge >= 0.3 is 0 Å². The van der Waals surface area contributed by atoms with Crippen molar-refractivity contribution >= 4 is 11.4 Å². The molecule has 0 saturated heterocycles. The minimum absolute atomic E-state index is 0.123. The number of rotatable bonds is 3. The monoisotopic (exact) mass is 306 g/mol. The van der Waals surface area contributed by atoms with Crippen LogP contribution in [-0.2, 0) is 0 Å². The maximum Gasteiger partial charge on any atom is 0.193 e. The van der Waals surface area contributed by atoms with Crippen molar-refractivity contribution in [3.8, 4) is 0 Å². The number of carbonyl (C=O) groups excluding carboxylic acids is 1. The summed E-state index contributed by atoms with van der Waals surface area (Å²) in [6.07, 6.45) is 1.95. The van der Waals surface area contributed by atoms with Gasteiger partial charge in [0.2, 0.25) is 0 Å². The average Bonchev–Trinajstić information content (AvgIpc) is 2.41. The SMILES string of the molecule is C/C=C(/C(=O)c1c(C)cc(C)cc1C)c1c(C)cc(C)cc1C. The summed E-state index contributed by atoms with van der Waals surface area (Å²) in [7, 11) is 0. The highest BCUT2D eigenvalue weighted by Gasteiger charge is 2.20. The van der Waals surface area contributed by atoms with Gasteiger partial charge in [-0.25, -0.2) is 0 Å². The van der Waals surface area contributed by atoms with E-state index in [1.165, 1.54) is 11.1 Å². The Balaban J connectivity index is 2.63. The molecule has 0 aliphatic rings. The lowest BCUT2D eigenvalue weighted by atomic mass is 9.86. The van der Waals surface area contributed by atoms with Crippen molar-refractivity contribution in [3.63, 3.8) is 0 Å². The summed E-state index contributed by atoms with van der Waals surface area (Å²) in [6.45, 7) is 14.3. The lowest BCUT2D eigenvalue weighted by molar-refractivity contribution is 0.105. The summed E-state index contributed by atoms with van der Waals surface area (Å²) in [5.41, 5.74) is 9.55. The lowest BCUT2D eigenvalue weighted by Gasteiger charge is -2.17. The van der Waals surface area contributed by atoms with Gasteiger partial charge in [0.15, 0.2) is 5.78 Å². The maximum atomic E-state index is 13.3. The second kappa shape index (κ2) is 6.54. The molecule has 23 heavy (non-hydrogen) atoms. The molecule has 0 aromatic heterocycles. The van der Waals surface area contributed by atoms with Crippen LogP contribution in [0.3, 0.4) is 0 Å². The van der Waals surface area contributed by atoms with Gasteiger partial charge in [-0.1, -0.05) is 41.5 Å². The first-order valence-electron chi connectivity index (χ1n) is 8.13. The Morgan fingerprint density at radius 1 is 0.696 bits per heavy atom. The molecule has 0 atom stereocenters. The smallest absolute Gasteiger partial charge is 0.193 e. The zero-order valence-electron chi connectivity index (χ0n) is 15.3. The standard InChI is InChI=1S/C22H26O/c1-8-19(20-15(4)9-13(2)10-16(20)5)22(23)21-17(6)11-14(3)12-18(21)7/h8-12H,1-7H3/b19-8+. The first kappa shape index (κ1) is 17.2. The van der Waals surface area contributed by atoms with E-state index < -0.39 is 0 Å². The third kappa shape index (κ3) is 3.29. The second-order valence-electron chi connectivity index (χ2n) is 6.58. The summed E-state index contributed by atoms with van der Waals surface area (Å²) in [6, 6.07) is 8.46. The van der Waals surface area contributed by atoms with E-state index in [0.29, 0.717) is 0 Å². The predicted molar refractivity (Wildman–Crippen MR) is 99.3 cm³/mol. The van der Waals surface area contributed by atoms with E-state index in [1.54, 1.807) is 0 Å². The van der Waals surface area contributed by atoms with Crippen molar-refractivity contribution in [2.45, 2.75) is 48.5 Å². The van der Waals surface area contributed by atoms with Gasteiger partial charge in [0.05, 0.1) is 0 Å². The van der Waals surface area contributed by atoms with Crippen LogP contribution in [0.2, 0.25) is 0 Å². The van der Waals surface area contributed by atoms with Crippen LogP contribution in [0.1, 0.15) is 56.2 Å². The van der Waals surface area contributed by atoms with Crippen LogP contribution >= 0.6 is 0 Å². The van der Waals surface area contributed by atoms with Crippen LogP contribution in [0, 0.1) is 41.5 Å². The summed E-state index contributed by atoms with van der Waals surface area (Å²) in [5, 5.41) is 0. The molecule has 1 nitrogen and oxygen atoms in total. The van der Waals surface area contributed by atoms with Crippen LogP contribution in [0.4, 0.5) is 0 Å². The lowest BCUT2D eigenvalue weighted by Crippen LogP contribution is -2.10. The minimum Gasteiger partial charge on any atom is -0.289 e. The number of Topliss-reactive ketones (excluding diaryl/α,β-unsaturated/α-hetero) is 1. The van der Waals surface area contributed by atoms with Crippen molar-refractivity contribution in [2.75, 3.05) is 0 Å². The van der Waals surface area contributed by atoms with Gasteiger partial charge in [-0.15, -0.1) is 0 Å². The Labute approximate surface area is 140 Å². The van der Waals surface area contributed by atoms with Crippen molar-refractivity contribution in [1.82, 2.24) is 0 Å². The molecule has 2 aromatic carbocycles. The van der Waals surface area contributed by atoms with E-state index in [9.17, 15) is 4.79 Å². The van der Waals surface area contributed by atoms with E-state index in [0.717, 1.165) is 39.0 Å². The Hall–Kier alpha value is -2.15. The van der Waals surface area contributed by atoms with Gasteiger partial charge in [0.25, 0.3) is 0 Å². The molecule has 0 aliphatic carbocycles. The molecule has 0 saturated carbocycles. The van der Waals surface area contributed by atoms with Crippen LogP contribution in [0.15, 0.2) is 30.3 Å². The van der Waals surface area contributed by atoms with Crippen molar-refractivity contribution in [1.29, 1.82) is 0 Å². The molecule has 2 aromatic rings. The van der Waals surface area contributed by atoms with Gasteiger partial charge in [-0.05, 0) is 76.3 Å². The quantitative estimate of drug-likeness (QED) is 0.515. The van der Waals surface area contributed by atoms with Crippen LogP contribution in [0.5, 0.6) is 0 Å². The van der Waals surface area contributed by atoms with Crippen molar-refractivity contribution in [3.05, 3.63) is 74.8 Å². The third-order valence-electron chi connectivity index (χ3n) is 4.38. The van der Waals surface area contributed by atoms with E-state index in [2.05, 4.69) is 52.0 Å². The van der Waals surface area contributed by atoms with Crippen LogP contribution in [-0.4, -0.2) is 5.78 Å². The fraction of sp³-hybridized carbons (Fsp3) is 0.318. The highest BCUT2D eigenvalue weighted by Crippen LogP contribution is 2.30. The molecule has 0 amide bonds. The molecule has 0 spiro atoms. The number of hydrogen-bond acceptors (Lipinski definition) is 1. The maximum absolute atomic E-state index is 13.3. The first-order valence-corrected chi connectivity index (χ1v) is 8.13. The average molecular weight is 306 g/mol. The van der Waals surface area contributed by atoms with Gasteiger partial charge in [-0.2, -0.15) is 0 Å². The number of carbonyl (C=O) groups is 1. The van der Waals surface area contributed by atoms with E-state index in [-0.39, 0.29) is 5.78 Å². The zero-order chi connectivity index (χ0) is 17.3. The van der Waals surface area contributed by atoms with Crippen molar-refractivity contribution in [2.24, 2.45) is 0 Å². The number of allylic oxidation sites excluding steroid dienone is 2. The minimum atomic E-state index is 0.123. The Bertz CT molecular complexity index is 761. The normalized spacial score (nSPS) is 11.7. The molecule has 0 unspecified atom stereocenters. The molecule has 0 heterocycles. The zero-order valence-corrected chi connectivity index (χ0v) is 15.3. The molecule has 0 radical (unpaired) electrons. The summed E-state index contributed by atoms with van der Waals surface area (Å²) in [5.74, 6) is 0.123. The number of ketones is 1. The molecule has 120 valence electrons. The van der Waals surface area contributed by atoms with Gasteiger partial charge in [0, 0.05) is 11.1 Å². The highest BCUT2D eigenvalue weighted by atomic mass is 16.1. The van der Waals surface area contributed by atoms with Gasteiger partial charge in [0.1, 0.15) is 0 Å². The molecular weight excluding hydrogens is 280 g/mol. The summed E-state index contributed by atoms with van der Waals surface area (Å²) < 4.78 is 0. The fourth-order valence-corrected chi connectivity index (χ4v) is 3.67. The van der Waals surface area contributed by atoms with Crippen LogP contribution in [0.25, 0.3) is 5.57 Å². The molecule has 0 N–H and O–H groups in total. The largest absolute Gasteiger partial charge is 0.289 e. The number of hydrogen-bond donors (Lipinski definition) is 0. The van der Waals surface area contributed by atoms with E-state index >= 15 is 0 Å². The van der Waals surface area contributed by atoms with Gasteiger partial charge in [-0.3, -0.25) is 4.79 Å². The van der Waals surface area contributed by atoms with Crippen molar-refractivity contribution < 1.29 is 4.79 Å². The predicted octanol–water partition coefficient (Wildman–Crippen LogP) is 5.82. The van der Waals surface area contributed by atoms with E-state index in [1.807, 2.05) is 26.8 Å². The Kier molecular flexibility index (Phi) is 4.89. The fourth-order valence-electron chi connectivity index (χ4n) is 3.67. The Morgan fingerprint density at radius 2 is 1.04 bits per heavy atom. The number of aryl methyl sites for hydroxylation is 6. The summed E-state index contributed by atoms with van der Waals surface area (Å²) in [4.78, 5) is 13.3. The molecule has 0 bridgehead atoms. The first-order chi connectivity index (χ1) is 10.8. The third-order valence-corrected chi connectivity index (χ3v) is 4.38. The molecular formula is C22H26O. The topological polar surface area (TPSA) is 17.1 Å². The van der Waals surface area contributed by atoms with Crippen LogP contribution < -0.4 is 0 Å². The second-order valence-corrected chi connectivity index (χ2v) is 6.58. The summed E-state index contributed by atoms with van der Waals surface area (Å²) >= 11 is 0. The van der Waals surface area contributed by atoms with Gasteiger partial charge < -0.3 is 0 Å². The Morgan fingerprint density at radius 3 is 1.39 bits per heavy atom.